The van der Waals surface area contributed by atoms with Crippen molar-refractivity contribution in [2.75, 3.05) is 18.8 Å². The Balaban J connectivity index is 1.68. The van der Waals surface area contributed by atoms with E-state index in [-0.39, 0.29) is 0 Å². The molecule has 3 N–H and O–H groups in total. The van der Waals surface area contributed by atoms with Crippen LogP contribution < -0.4 is 5.73 Å². The van der Waals surface area contributed by atoms with E-state index in [0.717, 1.165) is 49.2 Å². The maximum atomic E-state index is 10.7. The highest BCUT2D eigenvalue weighted by molar-refractivity contribution is 5.48. The molecule has 2 aromatic rings. The summed E-state index contributed by atoms with van der Waals surface area (Å²) in [4.78, 5) is 2.13. The summed E-state index contributed by atoms with van der Waals surface area (Å²) >= 11 is 0. The van der Waals surface area contributed by atoms with Gasteiger partial charge in [0.15, 0.2) is 0 Å². The van der Waals surface area contributed by atoms with E-state index in [1.807, 2.05) is 37.3 Å². The highest BCUT2D eigenvalue weighted by Crippen LogP contribution is 2.31. The minimum atomic E-state index is -0.609. The Bertz CT molecular complexity index is 764. The molecular formula is C21H25N3O. The van der Waals surface area contributed by atoms with Crippen molar-refractivity contribution in [1.82, 2.24) is 4.90 Å². The topological polar surface area (TPSA) is 73.3 Å². The summed E-state index contributed by atoms with van der Waals surface area (Å²) in [5.74, 6) is 0.480. The molecular weight excluding hydrogens is 310 g/mol. The molecule has 1 aliphatic rings. The van der Waals surface area contributed by atoms with E-state index in [2.05, 4.69) is 23.1 Å². The number of hydrogen-bond donors (Lipinski definition) is 2. The molecule has 2 unspecified atom stereocenters. The van der Waals surface area contributed by atoms with Gasteiger partial charge < -0.3 is 10.8 Å². The van der Waals surface area contributed by atoms with Gasteiger partial charge in [0.25, 0.3) is 0 Å². The maximum Gasteiger partial charge on any atom is 0.133 e. The summed E-state index contributed by atoms with van der Waals surface area (Å²) in [6.45, 7) is 3.70. The third-order valence-corrected chi connectivity index (χ3v) is 5.22. The highest BCUT2D eigenvalue weighted by atomic mass is 16.3. The summed E-state index contributed by atoms with van der Waals surface area (Å²) in [5, 5.41) is 19.7. The number of nitrogen functional groups attached to an aromatic ring is 1. The molecule has 3 rings (SSSR count). The van der Waals surface area contributed by atoms with Crippen molar-refractivity contribution in [1.29, 1.82) is 5.26 Å². The van der Waals surface area contributed by atoms with Crippen molar-refractivity contribution in [2.24, 2.45) is 0 Å². The van der Waals surface area contributed by atoms with E-state index in [9.17, 15) is 5.11 Å². The predicted molar refractivity (Wildman–Crippen MR) is 99.9 cm³/mol. The fourth-order valence-electron chi connectivity index (χ4n) is 3.56. The number of nitrogens with zero attached hydrogens (tertiary/aromatic N) is 2. The van der Waals surface area contributed by atoms with Gasteiger partial charge in [0.1, 0.15) is 6.23 Å². The van der Waals surface area contributed by atoms with Crippen LogP contribution in [0.3, 0.4) is 0 Å². The van der Waals surface area contributed by atoms with Gasteiger partial charge >= 0.3 is 0 Å². The predicted octanol–water partition coefficient (Wildman–Crippen LogP) is 3.71. The molecule has 2 atom stereocenters. The molecule has 0 bridgehead atoms. The first kappa shape index (κ1) is 17.5. The molecule has 0 saturated carbocycles. The fraction of sp³-hybridized carbons (Fsp3) is 0.381. The fourth-order valence-corrected chi connectivity index (χ4v) is 3.56. The van der Waals surface area contributed by atoms with Crippen molar-refractivity contribution in [2.45, 2.75) is 38.3 Å². The summed E-state index contributed by atoms with van der Waals surface area (Å²) < 4.78 is 0. The second kappa shape index (κ2) is 7.69. The van der Waals surface area contributed by atoms with Crippen LogP contribution in [0.4, 0.5) is 5.69 Å². The molecule has 4 nitrogen and oxygen atoms in total. The molecule has 0 aliphatic carbocycles. The van der Waals surface area contributed by atoms with E-state index in [1.54, 1.807) is 0 Å². The number of rotatable bonds is 3. The van der Waals surface area contributed by atoms with Gasteiger partial charge in [-0.2, -0.15) is 5.26 Å². The zero-order chi connectivity index (χ0) is 17.8. The lowest BCUT2D eigenvalue weighted by Gasteiger charge is -2.27. The van der Waals surface area contributed by atoms with Crippen LogP contribution in [-0.2, 0) is 0 Å². The molecule has 0 amide bonds. The van der Waals surface area contributed by atoms with Crippen LogP contribution in [0.15, 0.2) is 42.5 Å². The van der Waals surface area contributed by atoms with Gasteiger partial charge in [-0.25, -0.2) is 0 Å². The van der Waals surface area contributed by atoms with Crippen molar-refractivity contribution in [3.63, 3.8) is 0 Å². The average Bonchev–Trinajstić information content (AvgIpc) is 2.89. The Kier molecular flexibility index (Phi) is 5.37. The van der Waals surface area contributed by atoms with Gasteiger partial charge in [-0.05, 0) is 67.0 Å². The zero-order valence-corrected chi connectivity index (χ0v) is 14.7. The lowest BCUT2D eigenvalue weighted by Crippen LogP contribution is -2.29. The van der Waals surface area contributed by atoms with E-state index in [4.69, 9.17) is 11.0 Å². The largest absolute Gasteiger partial charge is 0.399 e. The minimum absolute atomic E-state index is 0.480. The number of hydrogen-bond acceptors (Lipinski definition) is 4. The van der Waals surface area contributed by atoms with Crippen molar-refractivity contribution in [3.05, 3.63) is 64.7 Å². The molecule has 25 heavy (non-hydrogen) atoms. The number of aliphatic hydroxyl groups is 1. The lowest BCUT2D eigenvalue weighted by molar-refractivity contribution is 0.00389. The Morgan fingerprint density at radius 2 is 1.92 bits per heavy atom. The normalized spacial score (nSPS) is 19.8. The molecule has 0 spiro atoms. The van der Waals surface area contributed by atoms with Crippen LogP contribution in [0.5, 0.6) is 0 Å². The first-order valence-electron chi connectivity index (χ1n) is 8.86. The van der Waals surface area contributed by atoms with E-state index in [1.165, 1.54) is 5.56 Å². The third-order valence-electron chi connectivity index (χ3n) is 5.22. The summed E-state index contributed by atoms with van der Waals surface area (Å²) in [7, 11) is 0. The van der Waals surface area contributed by atoms with Gasteiger partial charge in [0.2, 0.25) is 0 Å². The van der Waals surface area contributed by atoms with Crippen molar-refractivity contribution in [3.8, 4) is 6.07 Å². The molecule has 0 radical (unpaired) electrons. The summed E-state index contributed by atoms with van der Waals surface area (Å²) in [6, 6.07) is 15.9. The number of likely N-dealkylation sites (tertiary alicyclic amines) is 1. The highest BCUT2D eigenvalue weighted by Gasteiger charge is 2.23. The first-order valence-corrected chi connectivity index (χ1v) is 8.86. The molecule has 130 valence electrons. The van der Waals surface area contributed by atoms with Crippen LogP contribution in [-0.4, -0.2) is 23.1 Å². The standard InChI is InChI=1S/C21H25N3O/c1-15-4-7-19(13-20(15)23)21(25)24-11-2-3-17(10-12-24)18-8-5-16(14-22)6-9-18/h4-9,13,17,21,25H,2-3,10-12,23H2,1H3. The Morgan fingerprint density at radius 1 is 1.16 bits per heavy atom. The SMILES string of the molecule is Cc1ccc(C(O)N2CCCC(c3ccc(C#N)cc3)CC2)cc1N. The maximum absolute atomic E-state index is 10.7. The van der Waals surface area contributed by atoms with Crippen LogP contribution in [0.1, 0.15) is 53.7 Å². The molecule has 1 saturated heterocycles. The van der Waals surface area contributed by atoms with E-state index < -0.39 is 6.23 Å². The summed E-state index contributed by atoms with van der Waals surface area (Å²) in [5.41, 5.74) is 10.6. The molecule has 1 heterocycles. The Morgan fingerprint density at radius 3 is 2.60 bits per heavy atom. The first-order chi connectivity index (χ1) is 12.1. The molecule has 2 aromatic carbocycles. The quantitative estimate of drug-likeness (QED) is 0.839. The molecule has 4 heteroatoms. The second-order valence-electron chi connectivity index (χ2n) is 6.89. The van der Waals surface area contributed by atoms with E-state index in [0.29, 0.717) is 11.5 Å². The van der Waals surface area contributed by atoms with Gasteiger partial charge in [0, 0.05) is 18.8 Å². The van der Waals surface area contributed by atoms with Crippen LogP contribution in [0, 0.1) is 18.3 Å². The minimum Gasteiger partial charge on any atom is -0.399 e. The monoisotopic (exact) mass is 335 g/mol. The van der Waals surface area contributed by atoms with Gasteiger partial charge in [-0.15, -0.1) is 0 Å². The molecule has 1 aliphatic heterocycles. The number of anilines is 1. The second-order valence-corrected chi connectivity index (χ2v) is 6.89. The number of benzene rings is 2. The number of aryl methyl sites for hydroxylation is 1. The average molecular weight is 335 g/mol. The Hall–Kier alpha value is -2.35. The Labute approximate surface area is 149 Å². The number of nitriles is 1. The summed E-state index contributed by atoms with van der Waals surface area (Å²) in [6.07, 6.45) is 2.54. The smallest absolute Gasteiger partial charge is 0.133 e. The van der Waals surface area contributed by atoms with Crippen LogP contribution in [0.25, 0.3) is 0 Å². The van der Waals surface area contributed by atoms with E-state index >= 15 is 0 Å². The molecule has 0 aromatic heterocycles. The van der Waals surface area contributed by atoms with Gasteiger partial charge in [-0.3, -0.25) is 4.90 Å². The zero-order valence-electron chi connectivity index (χ0n) is 14.7. The van der Waals surface area contributed by atoms with Crippen LogP contribution in [0.2, 0.25) is 0 Å². The third kappa shape index (κ3) is 4.01. The van der Waals surface area contributed by atoms with Gasteiger partial charge in [0.05, 0.1) is 11.6 Å². The number of aliphatic hydroxyl groups excluding tert-OH is 1. The van der Waals surface area contributed by atoms with Crippen molar-refractivity contribution < 1.29 is 5.11 Å². The molecule has 1 fully saturated rings. The number of nitrogens with two attached hydrogens (primary N) is 1. The van der Waals surface area contributed by atoms with Gasteiger partial charge in [-0.1, -0.05) is 24.3 Å². The van der Waals surface area contributed by atoms with Crippen LogP contribution >= 0.6 is 0 Å². The van der Waals surface area contributed by atoms with Crippen molar-refractivity contribution >= 4 is 5.69 Å². The lowest BCUT2D eigenvalue weighted by atomic mass is 9.91.